The van der Waals surface area contributed by atoms with Crippen LogP contribution in [0.5, 0.6) is 0 Å². The van der Waals surface area contributed by atoms with Gasteiger partial charge in [-0.25, -0.2) is 0 Å². The maximum absolute atomic E-state index is 5.96. The standard InChI is InChI=1S/C18H25NO2/c1-14(15-8-6-5-7-9-15)21-13-16-10-11-20-17(16)12-19-18(2,3)4/h5-11,14,19H,12-13H2,1-4H3. The number of nitrogens with one attached hydrogen (secondary N) is 1. The van der Waals surface area contributed by atoms with Gasteiger partial charge in [-0.3, -0.25) is 0 Å². The molecular weight excluding hydrogens is 262 g/mol. The quantitative estimate of drug-likeness (QED) is 0.852. The Morgan fingerprint density at radius 3 is 2.52 bits per heavy atom. The van der Waals surface area contributed by atoms with E-state index >= 15 is 0 Å². The predicted molar refractivity (Wildman–Crippen MR) is 84.9 cm³/mol. The Labute approximate surface area is 127 Å². The summed E-state index contributed by atoms with van der Waals surface area (Å²) in [5, 5.41) is 3.43. The lowest BCUT2D eigenvalue weighted by atomic mass is 10.1. The van der Waals surface area contributed by atoms with Gasteiger partial charge < -0.3 is 14.5 Å². The van der Waals surface area contributed by atoms with Gasteiger partial charge in [-0.2, -0.15) is 0 Å². The lowest BCUT2D eigenvalue weighted by Gasteiger charge is -2.20. The fourth-order valence-corrected chi connectivity index (χ4v) is 2.03. The summed E-state index contributed by atoms with van der Waals surface area (Å²) in [6.45, 7) is 9.78. The van der Waals surface area contributed by atoms with E-state index in [1.165, 1.54) is 5.56 Å². The summed E-state index contributed by atoms with van der Waals surface area (Å²) in [6, 6.07) is 12.2. The van der Waals surface area contributed by atoms with Crippen molar-refractivity contribution in [1.82, 2.24) is 5.32 Å². The van der Waals surface area contributed by atoms with Gasteiger partial charge in [-0.1, -0.05) is 30.3 Å². The van der Waals surface area contributed by atoms with Gasteiger partial charge in [0.2, 0.25) is 0 Å². The largest absolute Gasteiger partial charge is 0.468 e. The van der Waals surface area contributed by atoms with Crippen LogP contribution in [0.4, 0.5) is 0 Å². The van der Waals surface area contributed by atoms with Crippen LogP contribution in [0.2, 0.25) is 0 Å². The highest BCUT2D eigenvalue weighted by atomic mass is 16.5. The molecule has 0 saturated carbocycles. The van der Waals surface area contributed by atoms with Gasteiger partial charge in [0.15, 0.2) is 0 Å². The zero-order valence-electron chi connectivity index (χ0n) is 13.3. The van der Waals surface area contributed by atoms with Crippen molar-refractivity contribution in [2.24, 2.45) is 0 Å². The van der Waals surface area contributed by atoms with Crippen LogP contribution >= 0.6 is 0 Å². The van der Waals surface area contributed by atoms with E-state index in [0.29, 0.717) is 6.61 Å². The molecule has 1 aromatic heterocycles. The van der Waals surface area contributed by atoms with Gasteiger partial charge in [0, 0.05) is 11.1 Å². The number of benzene rings is 1. The molecule has 0 saturated heterocycles. The van der Waals surface area contributed by atoms with Gasteiger partial charge in [0.05, 0.1) is 25.5 Å². The maximum atomic E-state index is 5.96. The topological polar surface area (TPSA) is 34.4 Å². The van der Waals surface area contributed by atoms with E-state index in [2.05, 4.69) is 45.1 Å². The zero-order valence-corrected chi connectivity index (χ0v) is 13.3. The third-order valence-corrected chi connectivity index (χ3v) is 3.37. The number of furan rings is 1. The second-order valence-electron chi connectivity index (χ2n) is 6.34. The summed E-state index contributed by atoms with van der Waals surface area (Å²) in [4.78, 5) is 0. The van der Waals surface area contributed by atoms with Crippen molar-refractivity contribution in [1.29, 1.82) is 0 Å². The van der Waals surface area contributed by atoms with Crippen LogP contribution < -0.4 is 5.32 Å². The molecule has 1 atom stereocenters. The SMILES string of the molecule is CC(OCc1ccoc1CNC(C)(C)C)c1ccccc1. The number of hydrogen-bond acceptors (Lipinski definition) is 3. The number of hydrogen-bond donors (Lipinski definition) is 1. The van der Waals surface area contributed by atoms with E-state index in [0.717, 1.165) is 17.9 Å². The first kappa shape index (κ1) is 15.8. The third kappa shape index (κ3) is 5.03. The van der Waals surface area contributed by atoms with Gasteiger partial charge >= 0.3 is 0 Å². The van der Waals surface area contributed by atoms with E-state index in [4.69, 9.17) is 9.15 Å². The first-order valence-corrected chi connectivity index (χ1v) is 7.42. The minimum Gasteiger partial charge on any atom is -0.468 e. The molecule has 2 aromatic rings. The van der Waals surface area contributed by atoms with Crippen LogP contribution in [-0.2, 0) is 17.9 Å². The average Bonchev–Trinajstić information content (AvgIpc) is 2.90. The van der Waals surface area contributed by atoms with E-state index < -0.39 is 0 Å². The summed E-state index contributed by atoms with van der Waals surface area (Å²) in [6.07, 6.45) is 1.80. The zero-order chi connectivity index (χ0) is 15.3. The molecule has 1 N–H and O–H groups in total. The van der Waals surface area contributed by atoms with Crippen LogP contribution in [0, 0.1) is 0 Å². The monoisotopic (exact) mass is 287 g/mol. The van der Waals surface area contributed by atoms with E-state index in [9.17, 15) is 0 Å². The Morgan fingerprint density at radius 2 is 1.86 bits per heavy atom. The van der Waals surface area contributed by atoms with Crippen LogP contribution in [0.25, 0.3) is 0 Å². The van der Waals surface area contributed by atoms with Crippen molar-refractivity contribution < 1.29 is 9.15 Å². The lowest BCUT2D eigenvalue weighted by molar-refractivity contribution is 0.0516. The summed E-state index contributed by atoms with van der Waals surface area (Å²) in [7, 11) is 0. The molecule has 1 aromatic carbocycles. The predicted octanol–water partition coefficient (Wildman–Crippen LogP) is 4.45. The molecular formula is C18H25NO2. The molecule has 1 heterocycles. The molecule has 0 bridgehead atoms. The fraction of sp³-hybridized carbons (Fsp3) is 0.444. The number of ether oxygens (including phenoxy) is 1. The average molecular weight is 287 g/mol. The molecule has 1 unspecified atom stereocenters. The summed E-state index contributed by atoms with van der Waals surface area (Å²) in [5.41, 5.74) is 2.37. The van der Waals surface area contributed by atoms with Gasteiger partial charge in [0.25, 0.3) is 0 Å². The molecule has 0 aliphatic rings. The first-order valence-electron chi connectivity index (χ1n) is 7.42. The first-order chi connectivity index (χ1) is 9.96. The Balaban J connectivity index is 1.90. The van der Waals surface area contributed by atoms with Crippen molar-refractivity contribution in [3.8, 4) is 0 Å². The lowest BCUT2D eigenvalue weighted by Crippen LogP contribution is -2.35. The molecule has 2 rings (SSSR count). The minimum atomic E-state index is 0.0717. The molecule has 0 spiro atoms. The highest BCUT2D eigenvalue weighted by Gasteiger charge is 2.13. The number of rotatable bonds is 6. The molecule has 0 aliphatic heterocycles. The molecule has 21 heavy (non-hydrogen) atoms. The van der Waals surface area contributed by atoms with E-state index in [1.807, 2.05) is 24.3 Å². The van der Waals surface area contributed by atoms with Crippen molar-refractivity contribution in [3.05, 3.63) is 59.5 Å². The van der Waals surface area contributed by atoms with Gasteiger partial charge in [-0.15, -0.1) is 0 Å². The summed E-state index contributed by atoms with van der Waals surface area (Å²) in [5.74, 6) is 0.949. The van der Waals surface area contributed by atoms with Crippen LogP contribution in [0.3, 0.4) is 0 Å². The molecule has 3 heteroatoms. The minimum absolute atomic E-state index is 0.0717. The van der Waals surface area contributed by atoms with Gasteiger partial charge in [-0.05, 0) is 39.3 Å². The summed E-state index contributed by atoms with van der Waals surface area (Å²) >= 11 is 0. The highest BCUT2D eigenvalue weighted by molar-refractivity contribution is 5.18. The second kappa shape index (κ2) is 6.92. The molecule has 0 amide bonds. The Bertz CT molecular complexity index is 540. The van der Waals surface area contributed by atoms with Gasteiger partial charge in [0.1, 0.15) is 5.76 Å². The summed E-state index contributed by atoms with van der Waals surface area (Å²) < 4.78 is 11.5. The smallest absolute Gasteiger partial charge is 0.123 e. The van der Waals surface area contributed by atoms with Crippen molar-refractivity contribution in [2.45, 2.75) is 52.5 Å². The van der Waals surface area contributed by atoms with Crippen LogP contribution in [0.15, 0.2) is 47.1 Å². The molecule has 0 radical (unpaired) electrons. The van der Waals surface area contributed by atoms with Crippen molar-refractivity contribution >= 4 is 0 Å². The van der Waals surface area contributed by atoms with E-state index in [-0.39, 0.29) is 11.6 Å². The molecule has 114 valence electrons. The highest BCUT2D eigenvalue weighted by Crippen LogP contribution is 2.20. The second-order valence-corrected chi connectivity index (χ2v) is 6.34. The Morgan fingerprint density at radius 1 is 1.14 bits per heavy atom. The molecule has 0 fully saturated rings. The van der Waals surface area contributed by atoms with Crippen LogP contribution in [-0.4, -0.2) is 5.54 Å². The van der Waals surface area contributed by atoms with Crippen LogP contribution in [0.1, 0.15) is 50.7 Å². The third-order valence-electron chi connectivity index (χ3n) is 3.37. The Hall–Kier alpha value is -1.58. The fourth-order valence-electron chi connectivity index (χ4n) is 2.03. The Kier molecular flexibility index (Phi) is 5.21. The van der Waals surface area contributed by atoms with Crippen molar-refractivity contribution in [3.63, 3.8) is 0 Å². The maximum Gasteiger partial charge on any atom is 0.123 e. The molecule has 3 nitrogen and oxygen atoms in total. The molecule has 0 aliphatic carbocycles. The van der Waals surface area contributed by atoms with Crippen molar-refractivity contribution in [2.75, 3.05) is 0 Å². The van der Waals surface area contributed by atoms with E-state index in [1.54, 1.807) is 6.26 Å². The normalized spacial score (nSPS) is 13.3.